The van der Waals surface area contributed by atoms with E-state index in [1.807, 2.05) is 13.8 Å². The maximum Gasteiger partial charge on any atom is 0.257 e. The van der Waals surface area contributed by atoms with Crippen LogP contribution >= 0.6 is 0 Å². The monoisotopic (exact) mass is 280 g/mol. The molecule has 5 heteroatoms. The number of methoxy groups -OCH3 is 2. The number of carbonyl (C=O) groups is 1. The van der Waals surface area contributed by atoms with E-state index in [0.29, 0.717) is 30.2 Å². The van der Waals surface area contributed by atoms with E-state index in [1.165, 1.54) is 0 Å². The Balaban J connectivity index is 3.09. The van der Waals surface area contributed by atoms with Gasteiger partial charge in [0.15, 0.2) is 0 Å². The quantitative estimate of drug-likeness (QED) is 0.828. The van der Waals surface area contributed by atoms with Crippen LogP contribution in [0.1, 0.15) is 30.6 Å². The molecule has 1 amide bonds. The lowest BCUT2D eigenvalue weighted by Crippen LogP contribution is -2.38. The van der Waals surface area contributed by atoms with E-state index in [0.717, 1.165) is 6.42 Å². The molecule has 0 aliphatic rings. The lowest BCUT2D eigenvalue weighted by Gasteiger charge is -2.27. The second kappa shape index (κ2) is 7.75. The van der Waals surface area contributed by atoms with Crippen LogP contribution in [-0.4, -0.2) is 44.2 Å². The average molecular weight is 280 g/mol. The van der Waals surface area contributed by atoms with Crippen LogP contribution in [0, 0.1) is 0 Å². The number of hydrogen-bond donors (Lipinski definition) is 1. The van der Waals surface area contributed by atoms with Crippen molar-refractivity contribution in [2.75, 3.05) is 27.3 Å². The molecular formula is C15H24N2O3. The maximum atomic E-state index is 12.7. The molecule has 1 aromatic carbocycles. The van der Waals surface area contributed by atoms with Gasteiger partial charge in [-0.2, -0.15) is 0 Å². The van der Waals surface area contributed by atoms with Gasteiger partial charge in [-0.25, -0.2) is 0 Å². The zero-order valence-electron chi connectivity index (χ0n) is 12.7. The minimum absolute atomic E-state index is 0.0656. The van der Waals surface area contributed by atoms with Crippen LogP contribution in [0.25, 0.3) is 0 Å². The standard InChI is InChI=1S/C15H24N2O3/c1-11(2)17(9-5-8-16)15(18)13-10-12(19-3)6-7-14(13)20-4/h6-7,10-11H,5,8-9,16H2,1-4H3. The number of nitrogens with zero attached hydrogens (tertiary/aromatic N) is 1. The molecule has 1 aromatic rings. The minimum atomic E-state index is -0.0656. The number of nitrogens with two attached hydrogens (primary N) is 1. The third-order valence-corrected chi connectivity index (χ3v) is 3.12. The first-order chi connectivity index (χ1) is 9.54. The highest BCUT2D eigenvalue weighted by atomic mass is 16.5. The van der Waals surface area contributed by atoms with Gasteiger partial charge in [0, 0.05) is 12.6 Å². The van der Waals surface area contributed by atoms with Gasteiger partial charge in [0.05, 0.1) is 19.8 Å². The summed E-state index contributed by atoms with van der Waals surface area (Å²) in [4.78, 5) is 14.5. The first kappa shape index (κ1) is 16.3. The highest BCUT2D eigenvalue weighted by Gasteiger charge is 2.22. The second-order valence-electron chi connectivity index (χ2n) is 4.80. The predicted octanol–water partition coefficient (Wildman–Crippen LogP) is 1.90. The van der Waals surface area contributed by atoms with Crippen molar-refractivity contribution in [2.24, 2.45) is 5.73 Å². The largest absolute Gasteiger partial charge is 0.497 e. The molecule has 1 rings (SSSR count). The Labute approximate surface area is 120 Å². The van der Waals surface area contributed by atoms with Crippen LogP contribution in [-0.2, 0) is 0 Å². The van der Waals surface area contributed by atoms with E-state index in [9.17, 15) is 4.79 Å². The third kappa shape index (κ3) is 3.87. The van der Waals surface area contributed by atoms with Crippen molar-refractivity contribution in [3.05, 3.63) is 23.8 Å². The molecule has 0 heterocycles. The predicted molar refractivity (Wildman–Crippen MR) is 79.4 cm³/mol. The zero-order chi connectivity index (χ0) is 15.1. The molecular weight excluding hydrogens is 256 g/mol. The number of hydrogen-bond acceptors (Lipinski definition) is 4. The first-order valence-electron chi connectivity index (χ1n) is 6.78. The van der Waals surface area contributed by atoms with E-state index in [1.54, 1.807) is 37.3 Å². The second-order valence-corrected chi connectivity index (χ2v) is 4.80. The van der Waals surface area contributed by atoms with Crippen molar-refractivity contribution in [2.45, 2.75) is 26.3 Å². The van der Waals surface area contributed by atoms with Gasteiger partial charge in [0.25, 0.3) is 5.91 Å². The summed E-state index contributed by atoms with van der Waals surface area (Å²) in [7, 11) is 3.13. The average Bonchev–Trinajstić information content (AvgIpc) is 2.46. The third-order valence-electron chi connectivity index (χ3n) is 3.12. The Bertz CT molecular complexity index is 447. The summed E-state index contributed by atoms with van der Waals surface area (Å²) < 4.78 is 10.5. The van der Waals surface area contributed by atoms with Crippen LogP contribution < -0.4 is 15.2 Å². The normalized spacial score (nSPS) is 10.5. The lowest BCUT2D eigenvalue weighted by atomic mass is 10.1. The van der Waals surface area contributed by atoms with E-state index in [2.05, 4.69) is 0 Å². The van der Waals surface area contributed by atoms with Crippen molar-refractivity contribution >= 4 is 5.91 Å². The van der Waals surface area contributed by atoms with Gasteiger partial charge in [-0.3, -0.25) is 4.79 Å². The molecule has 0 atom stereocenters. The van der Waals surface area contributed by atoms with Crippen molar-refractivity contribution in [3.8, 4) is 11.5 Å². The van der Waals surface area contributed by atoms with Crippen molar-refractivity contribution in [1.82, 2.24) is 4.90 Å². The molecule has 0 aromatic heterocycles. The van der Waals surface area contributed by atoms with E-state index in [-0.39, 0.29) is 11.9 Å². The Morgan fingerprint density at radius 2 is 2.00 bits per heavy atom. The van der Waals surface area contributed by atoms with Crippen molar-refractivity contribution in [1.29, 1.82) is 0 Å². The van der Waals surface area contributed by atoms with Crippen molar-refractivity contribution < 1.29 is 14.3 Å². The van der Waals surface area contributed by atoms with Gasteiger partial charge >= 0.3 is 0 Å². The Kier molecular flexibility index (Phi) is 6.31. The molecule has 0 aliphatic carbocycles. The molecule has 5 nitrogen and oxygen atoms in total. The molecule has 0 bridgehead atoms. The highest BCUT2D eigenvalue weighted by Crippen LogP contribution is 2.26. The number of rotatable bonds is 7. The topological polar surface area (TPSA) is 64.8 Å². The highest BCUT2D eigenvalue weighted by molar-refractivity contribution is 5.97. The summed E-state index contributed by atoms with van der Waals surface area (Å²) in [5.74, 6) is 1.12. The van der Waals surface area contributed by atoms with Crippen molar-refractivity contribution in [3.63, 3.8) is 0 Å². The van der Waals surface area contributed by atoms with Gasteiger partial charge < -0.3 is 20.1 Å². The zero-order valence-corrected chi connectivity index (χ0v) is 12.7. The molecule has 20 heavy (non-hydrogen) atoms. The van der Waals surface area contributed by atoms with Gasteiger partial charge in [-0.05, 0) is 45.0 Å². The van der Waals surface area contributed by atoms with Gasteiger partial charge in [0.1, 0.15) is 11.5 Å². The molecule has 0 aliphatic heterocycles. The van der Waals surface area contributed by atoms with E-state index < -0.39 is 0 Å². The van der Waals surface area contributed by atoms with E-state index >= 15 is 0 Å². The molecule has 2 N–H and O–H groups in total. The number of amides is 1. The fraction of sp³-hybridized carbons (Fsp3) is 0.533. The van der Waals surface area contributed by atoms with E-state index in [4.69, 9.17) is 15.2 Å². The molecule has 0 spiro atoms. The Morgan fingerprint density at radius 1 is 1.30 bits per heavy atom. The summed E-state index contributed by atoms with van der Waals surface area (Å²) in [6.07, 6.45) is 0.774. The minimum Gasteiger partial charge on any atom is -0.497 e. The van der Waals surface area contributed by atoms with Crippen LogP contribution in [0.3, 0.4) is 0 Å². The maximum absolute atomic E-state index is 12.7. The van der Waals surface area contributed by atoms with Crippen LogP contribution in [0.2, 0.25) is 0 Å². The van der Waals surface area contributed by atoms with Gasteiger partial charge in [-0.15, -0.1) is 0 Å². The molecule has 0 fully saturated rings. The molecule has 0 saturated heterocycles. The fourth-order valence-corrected chi connectivity index (χ4v) is 1.99. The fourth-order valence-electron chi connectivity index (χ4n) is 1.99. The molecule has 0 saturated carbocycles. The summed E-state index contributed by atoms with van der Waals surface area (Å²) in [6.45, 7) is 5.17. The van der Waals surface area contributed by atoms with Gasteiger partial charge in [-0.1, -0.05) is 0 Å². The van der Waals surface area contributed by atoms with Crippen LogP contribution in [0.15, 0.2) is 18.2 Å². The SMILES string of the molecule is COc1ccc(OC)c(C(=O)N(CCCN)C(C)C)c1. The summed E-state index contributed by atoms with van der Waals surface area (Å²) in [5.41, 5.74) is 6.05. The summed E-state index contributed by atoms with van der Waals surface area (Å²) in [5, 5.41) is 0. The first-order valence-corrected chi connectivity index (χ1v) is 6.78. The number of ether oxygens (including phenoxy) is 2. The number of carbonyl (C=O) groups excluding carboxylic acids is 1. The molecule has 112 valence electrons. The van der Waals surface area contributed by atoms with Crippen LogP contribution in [0.5, 0.6) is 11.5 Å². The molecule has 0 unspecified atom stereocenters. The smallest absolute Gasteiger partial charge is 0.257 e. The van der Waals surface area contributed by atoms with Crippen LogP contribution in [0.4, 0.5) is 0 Å². The Morgan fingerprint density at radius 3 is 2.50 bits per heavy atom. The summed E-state index contributed by atoms with van der Waals surface area (Å²) in [6, 6.07) is 5.33. The number of benzene rings is 1. The Hall–Kier alpha value is -1.75. The molecule has 0 radical (unpaired) electrons. The van der Waals surface area contributed by atoms with Gasteiger partial charge in [0.2, 0.25) is 0 Å². The lowest BCUT2D eigenvalue weighted by molar-refractivity contribution is 0.0701. The summed E-state index contributed by atoms with van der Waals surface area (Å²) >= 11 is 0.